The molecular formula is C29H26ClN3OS. The van der Waals surface area contributed by atoms with E-state index in [9.17, 15) is 15.3 Å². The van der Waals surface area contributed by atoms with Gasteiger partial charge in [0.1, 0.15) is 0 Å². The van der Waals surface area contributed by atoms with E-state index in [0.29, 0.717) is 22.8 Å². The van der Waals surface area contributed by atoms with Gasteiger partial charge in [-0.15, -0.1) is 0 Å². The second-order valence-electron chi connectivity index (χ2n) is 11.5. The number of nitriles is 2. The van der Waals surface area contributed by atoms with E-state index < -0.39 is 23.4 Å². The van der Waals surface area contributed by atoms with Crippen molar-refractivity contribution in [3.05, 3.63) is 57.3 Å². The molecule has 3 atom stereocenters. The summed E-state index contributed by atoms with van der Waals surface area (Å²) in [4.78, 5) is 17.1. The Labute approximate surface area is 214 Å². The third kappa shape index (κ3) is 2.86. The summed E-state index contributed by atoms with van der Waals surface area (Å²) in [5, 5.41) is 25.8. The quantitative estimate of drug-likeness (QED) is 0.477. The highest BCUT2D eigenvalue weighted by Gasteiger charge is 2.67. The highest BCUT2D eigenvalue weighted by Crippen LogP contribution is 2.63. The molecule has 2 aliphatic heterocycles. The summed E-state index contributed by atoms with van der Waals surface area (Å²) in [6.45, 7) is 0. The molecule has 0 radical (unpaired) electrons. The van der Waals surface area contributed by atoms with Crippen molar-refractivity contribution >= 4 is 40.5 Å². The predicted molar refractivity (Wildman–Crippen MR) is 137 cm³/mol. The normalized spacial score (nSPS) is 37.4. The second-order valence-corrected chi connectivity index (χ2v) is 12.8. The molecule has 176 valence electrons. The summed E-state index contributed by atoms with van der Waals surface area (Å²) in [6.07, 6.45) is 10.6. The topological polar surface area (TPSA) is 67.9 Å². The molecule has 3 heterocycles. The van der Waals surface area contributed by atoms with Gasteiger partial charge in [-0.3, -0.25) is 4.79 Å². The molecule has 8 rings (SSSR count). The highest BCUT2D eigenvalue weighted by atomic mass is 35.5. The second kappa shape index (κ2) is 7.45. The van der Waals surface area contributed by atoms with Crippen molar-refractivity contribution in [3.8, 4) is 12.1 Å². The molecule has 4 aliphatic carbocycles. The number of anilines is 1. The van der Waals surface area contributed by atoms with Crippen LogP contribution in [0.1, 0.15) is 55.6 Å². The molecule has 6 heteroatoms. The third-order valence-electron chi connectivity index (χ3n) is 9.70. The molecule has 0 amide bonds. The molecule has 6 aliphatic rings. The van der Waals surface area contributed by atoms with Gasteiger partial charge < -0.3 is 4.90 Å². The third-order valence-corrected chi connectivity index (χ3v) is 10.6. The first-order valence-corrected chi connectivity index (χ1v) is 13.9. The fourth-order valence-corrected chi connectivity index (χ4v) is 9.69. The Morgan fingerprint density at radius 3 is 2.34 bits per heavy atom. The summed E-state index contributed by atoms with van der Waals surface area (Å²) < 4.78 is 0. The van der Waals surface area contributed by atoms with Crippen molar-refractivity contribution in [2.45, 2.75) is 56.5 Å². The number of hydrogen-bond acceptors (Lipinski definition) is 5. The maximum atomic E-state index is 14.9. The van der Waals surface area contributed by atoms with E-state index in [1.807, 2.05) is 47.2 Å². The Balaban J connectivity index is 1.44. The summed E-state index contributed by atoms with van der Waals surface area (Å²) >= 11 is 7.89. The number of rotatable bonds is 3. The standard InChI is InChI=1S/C29H26ClN3OS/c30-22-2-3-23-20(10-22)1-4-24-29(15-31,16-32)25(21-5-6-35-14-21)26(33(23)24)27(34)28-11-17-7-18(12-28)9-19(8-17)13-28/h1-6,10,14,17-19,24-26H,7-9,11-13H2/t17?,18?,19?,24-,25+,26-,28?/m0/s1. The zero-order chi connectivity index (χ0) is 23.9. The lowest BCUT2D eigenvalue weighted by atomic mass is 9.47. The van der Waals surface area contributed by atoms with Crippen molar-refractivity contribution in [1.29, 1.82) is 10.5 Å². The van der Waals surface area contributed by atoms with E-state index >= 15 is 0 Å². The number of Topliss-reactive ketones (excluding diaryl/α,β-unsaturated/α-hetero) is 1. The number of carbonyl (C=O) groups is 1. The van der Waals surface area contributed by atoms with Crippen molar-refractivity contribution in [2.75, 3.05) is 4.90 Å². The van der Waals surface area contributed by atoms with Gasteiger partial charge in [-0.05, 0) is 102 Å². The highest BCUT2D eigenvalue weighted by molar-refractivity contribution is 7.08. The van der Waals surface area contributed by atoms with Crippen LogP contribution in [0.25, 0.3) is 6.08 Å². The minimum atomic E-state index is -1.35. The van der Waals surface area contributed by atoms with Gasteiger partial charge in [-0.25, -0.2) is 0 Å². The average Bonchev–Trinajstić information content (AvgIpc) is 3.47. The number of fused-ring (bicyclic) bond motifs is 3. The molecule has 1 saturated heterocycles. The van der Waals surface area contributed by atoms with Crippen LogP contribution in [0.4, 0.5) is 5.69 Å². The Morgan fingerprint density at radius 1 is 1.06 bits per heavy atom. The maximum absolute atomic E-state index is 14.9. The first kappa shape index (κ1) is 21.7. The van der Waals surface area contributed by atoms with Crippen molar-refractivity contribution in [1.82, 2.24) is 0 Å². The van der Waals surface area contributed by atoms with E-state index in [4.69, 9.17) is 11.6 Å². The van der Waals surface area contributed by atoms with E-state index in [-0.39, 0.29) is 11.2 Å². The van der Waals surface area contributed by atoms with Gasteiger partial charge in [-0.2, -0.15) is 21.9 Å². The first-order valence-electron chi connectivity index (χ1n) is 12.6. The largest absolute Gasteiger partial charge is 0.351 e. The Kier molecular flexibility index (Phi) is 4.61. The summed E-state index contributed by atoms with van der Waals surface area (Å²) in [5.74, 6) is 1.70. The van der Waals surface area contributed by atoms with Crippen LogP contribution < -0.4 is 4.90 Å². The minimum Gasteiger partial charge on any atom is -0.351 e. The summed E-state index contributed by atoms with van der Waals surface area (Å²) in [6, 6.07) is 11.6. The van der Waals surface area contributed by atoms with Crippen LogP contribution in [0.2, 0.25) is 5.02 Å². The molecule has 35 heavy (non-hydrogen) atoms. The van der Waals surface area contributed by atoms with E-state index in [1.165, 1.54) is 19.3 Å². The molecule has 4 saturated carbocycles. The Morgan fingerprint density at radius 2 is 1.74 bits per heavy atom. The van der Waals surface area contributed by atoms with Crippen LogP contribution in [0, 0.1) is 51.2 Å². The Bertz CT molecular complexity index is 1280. The molecule has 0 N–H and O–H groups in total. The number of carbonyl (C=O) groups excluding carboxylic acids is 1. The van der Waals surface area contributed by atoms with Gasteiger partial charge in [0.25, 0.3) is 0 Å². The monoisotopic (exact) mass is 499 g/mol. The van der Waals surface area contributed by atoms with Crippen LogP contribution >= 0.6 is 22.9 Å². The lowest BCUT2D eigenvalue weighted by Crippen LogP contribution is -2.56. The van der Waals surface area contributed by atoms with Gasteiger partial charge in [0.15, 0.2) is 11.2 Å². The van der Waals surface area contributed by atoms with Crippen LogP contribution in [0.15, 0.2) is 41.1 Å². The minimum absolute atomic E-state index is 0.265. The average molecular weight is 500 g/mol. The zero-order valence-electron chi connectivity index (χ0n) is 19.4. The van der Waals surface area contributed by atoms with Gasteiger partial charge in [-0.1, -0.05) is 23.8 Å². The molecular weight excluding hydrogens is 474 g/mol. The summed E-state index contributed by atoms with van der Waals surface area (Å²) in [7, 11) is 0. The lowest BCUT2D eigenvalue weighted by Gasteiger charge is -2.57. The number of ketones is 1. The van der Waals surface area contributed by atoms with Crippen molar-refractivity contribution in [2.24, 2.45) is 28.6 Å². The molecule has 0 spiro atoms. The SMILES string of the molecule is N#CC1(C#N)[C@H](c2ccsc2)[C@@H](C(=O)C23CC4CC(CC(C4)C2)C3)N2c3ccc(Cl)cc3C=C[C@H]21. The Hall–Kier alpha value is -2.60. The number of nitrogens with zero attached hydrogens (tertiary/aromatic N) is 3. The molecule has 4 nitrogen and oxygen atoms in total. The molecule has 5 fully saturated rings. The first-order chi connectivity index (χ1) is 17.0. The van der Waals surface area contributed by atoms with Gasteiger partial charge >= 0.3 is 0 Å². The van der Waals surface area contributed by atoms with Crippen LogP contribution in [0.3, 0.4) is 0 Å². The molecule has 2 aromatic rings. The molecule has 0 unspecified atom stereocenters. The smallest absolute Gasteiger partial charge is 0.176 e. The van der Waals surface area contributed by atoms with Gasteiger partial charge in [0.2, 0.25) is 0 Å². The molecule has 1 aromatic carbocycles. The van der Waals surface area contributed by atoms with Crippen molar-refractivity contribution in [3.63, 3.8) is 0 Å². The van der Waals surface area contributed by atoms with Gasteiger partial charge in [0.05, 0.1) is 24.2 Å². The lowest BCUT2D eigenvalue weighted by molar-refractivity contribution is -0.145. The number of halogens is 1. The van der Waals surface area contributed by atoms with Crippen LogP contribution in [-0.4, -0.2) is 17.9 Å². The van der Waals surface area contributed by atoms with E-state index in [1.54, 1.807) is 11.3 Å². The van der Waals surface area contributed by atoms with E-state index in [2.05, 4.69) is 17.0 Å². The zero-order valence-corrected chi connectivity index (χ0v) is 20.9. The number of hydrogen-bond donors (Lipinski definition) is 0. The number of thiophene rings is 1. The van der Waals surface area contributed by atoms with Crippen molar-refractivity contribution < 1.29 is 4.79 Å². The van der Waals surface area contributed by atoms with E-state index in [0.717, 1.165) is 36.1 Å². The van der Waals surface area contributed by atoms with Gasteiger partial charge in [0, 0.05) is 22.0 Å². The fraction of sp³-hybridized carbons (Fsp3) is 0.483. The predicted octanol–water partition coefficient (Wildman–Crippen LogP) is 6.59. The maximum Gasteiger partial charge on any atom is 0.176 e. The van der Waals surface area contributed by atoms with Crippen LogP contribution in [0.5, 0.6) is 0 Å². The number of benzene rings is 1. The molecule has 1 aromatic heterocycles. The molecule has 4 bridgehead atoms. The summed E-state index contributed by atoms with van der Waals surface area (Å²) in [5.41, 5.74) is 1.09. The van der Waals surface area contributed by atoms with Crippen LogP contribution in [-0.2, 0) is 4.79 Å². The fourth-order valence-electron chi connectivity index (χ4n) is 8.82.